The third kappa shape index (κ3) is 3.18. The Balaban J connectivity index is 2.07. The van der Waals surface area contributed by atoms with Crippen molar-refractivity contribution in [1.29, 1.82) is 0 Å². The average Bonchev–Trinajstić information content (AvgIpc) is 2.80. The number of carboxylic acid groups (broad SMARTS) is 1. The summed E-state index contributed by atoms with van der Waals surface area (Å²) in [4.78, 5) is 40.4. The molecule has 1 fully saturated rings. The first-order valence-corrected chi connectivity index (χ1v) is 6.71. The number of carbonyl (C=O) groups excluding carboxylic acids is 2. The monoisotopic (exact) mass is 291 g/mol. The average molecular weight is 291 g/mol. The van der Waals surface area contributed by atoms with Gasteiger partial charge in [-0.05, 0) is 32.4 Å². The van der Waals surface area contributed by atoms with Crippen LogP contribution < -0.4 is 5.32 Å². The second-order valence-corrected chi connectivity index (χ2v) is 5.18. The Morgan fingerprint density at radius 1 is 1.48 bits per heavy atom. The van der Waals surface area contributed by atoms with E-state index in [9.17, 15) is 14.4 Å². The summed E-state index contributed by atoms with van der Waals surface area (Å²) in [7, 11) is 0. The highest BCUT2D eigenvalue weighted by Crippen LogP contribution is 2.15. The molecule has 2 heterocycles. The van der Waals surface area contributed by atoms with Gasteiger partial charge in [-0.25, -0.2) is 9.78 Å². The van der Waals surface area contributed by atoms with Gasteiger partial charge in [-0.3, -0.25) is 9.59 Å². The molecule has 0 saturated carbocycles. The summed E-state index contributed by atoms with van der Waals surface area (Å²) in [6, 6.07) is 2.15. The van der Waals surface area contributed by atoms with Crippen molar-refractivity contribution in [2.75, 3.05) is 6.54 Å². The van der Waals surface area contributed by atoms with Gasteiger partial charge < -0.3 is 15.3 Å². The third-order valence-corrected chi connectivity index (χ3v) is 3.41. The van der Waals surface area contributed by atoms with E-state index in [4.69, 9.17) is 5.11 Å². The van der Waals surface area contributed by atoms with Crippen LogP contribution in [-0.2, 0) is 4.79 Å². The normalized spacial score (nSPS) is 18.1. The van der Waals surface area contributed by atoms with E-state index in [2.05, 4.69) is 10.3 Å². The quantitative estimate of drug-likeness (QED) is 0.842. The molecule has 7 heteroatoms. The number of rotatable bonds is 4. The van der Waals surface area contributed by atoms with Crippen LogP contribution in [0.25, 0.3) is 0 Å². The summed E-state index contributed by atoms with van der Waals surface area (Å²) >= 11 is 0. The molecular weight excluding hydrogens is 274 g/mol. The minimum atomic E-state index is -1.20. The number of amides is 2. The van der Waals surface area contributed by atoms with Crippen molar-refractivity contribution >= 4 is 17.8 Å². The minimum Gasteiger partial charge on any atom is -0.477 e. The fourth-order valence-corrected chi connectivity index (χ4v) is 2.28. The molecule has 0 bridgehead atoms. The zero-order valence-corrected chi connectivity index (χ0v) is 11.9. The number of likely N-dealkylation sites (tertiary alicyclic amines) is 1. The summed E-state index contributed by atoms with van der Waals surface area (Å²) in [6.45, 7) is 4.45. The number of nitrogens with one attached hydrogen (secondary N) is 1. The predicted octanol–water partition coefficient (Wildman–Crippen LogP) is 0.519. The largest absolute Gasteiger partial charge is 0.477 e. The maximum atomic E-state index is 12.1. The molecule has 1 unspecified atom stereocenters. The molecule has 2 amide bonds. The van der Waals surface area contributed by atoms with Crippen molar-refractivity contribution in [3.05, 3.63) is 29.6 Å². The first-order chi connectivity index (χ1) is 9.90. The molecule has 0 aromatic carbocycles. The van der Waals surface area contributed by atoms with Crippen molar-refractivity contribution in [3.63, 3.8) is 0 Å². The van der Waals surface area contributed by atoms with Gasteiger partial charge in [0.25, 0.3) is 5.91 Å². The zero-order valence-electron chi connectivity index (χ0n) is 11.9. The molecule has 1 saturated heterocycles. The highest BCUT2D eigenvalue weighted by Gasteiger charge is 2.34. The zero-order chi connectivity index (χ0) is 15.6. The predicted molar refractivity (Wildman–Crippen MR) is 73.9 cm³/mol. The van der Waals surface area contributed by atoms with Crippen LogP contribution in [0.1, 0.15) is 41.1 Å². The SMILES string of the molecule is CC(C)N1CCC(NC(=O)c2ccnc(C(=O)O)c2)C1=O. The summed E-state index contributed by atoms with van der Waals surface area (Å²) in [5.74, 6) is -1.78. The Hall–Kier alpha value is -2.44. The molecule has 1 aliphatic heterocycles. The van der Waals surface area contributed by atoms with Gasteiger partial charge in [0.15, 0.2) is 0 Å². The van der Waals surface area contributed by atoms with Gasteiger partial charge in [-0.15, -0.1) is 0 Å². The number of nitrogens with zero attached hydrogens (tertiary/aromatic N) is 2. The number of pyridine rings is 1. The lowest BCUT2D eigenvalue weighted by atomic mass is 10.2. The molecule has 1 aromatic heterocycles. The van der Waals surface area contributed by atoms with Gasteiger partial charge in [-0.1, -0.05) is 0 Å². The van der Waals surface area contributed by atoms with E-state index in [0.717, 1.165) is 0 Å². The van der Waals surface area contributed by atoms with Crippen LogP contribution in [-0.4, -0.2) is 51.4 Å². The van der Waals surface area contributed by atoms with E-state index in [-0.39, 0.29) is 23.2 Å². The van der Waals surface area contributed by atoms with Crippen LogP contribution >= 0.6 is 0 Å². The molecular formula is C14H17N3O4. The van der Waals surface area contributed by atoms with Crippen molar-refractivity contribution < 1.29 is 19.5 Å². The molecule has 2 N–H and O–H groups in total. The highest BCUT2D eigenvalue weighted by molar-refractivity contribution is 5.99. The maximum Gasteiger partial charge on any atom is 0.354 e. The van der Waals surface area contributed by atoms with Gasteiger partial charge >= 0.3 is 5.97 Å². The van der Waals surface area contributed by atoms with Gasteiger partial charge in [-0.2, -0.15) is 0 Å². The lowest BCUT2D eigenvalue weighted by Crippen LogP contribution is -2.43. The lowest BCUT2D eigenvalue weighted by molar-refractivity contribution is -0.130. The first-order valence-electron chi connectivity index (χ1n) is 6.71. The smallest absolute Gasteiger partial charge is 0.354 e. The summed E-state index contributed by atoms with van der Waals surface area (Å²) < 4.78 is 0. The minimum absolute atomic E-state index is 0.0962. The van der Waals surface area contributed by atoms with E-state index in [1.54, 1.807) is 4.90 Å². The second-order valence-electron chi connectivity index (χ2n) is 5.18. The fraction of sp³-hybridized carbons (Fsp3) is 0.429. The van der Waals surface area contributed by atoms with Gasteiger partial charge in [0.05, 0.1) is 0 Å². The molecule has 1 aliphatic rings. The Labute approximate surface area is 122 Å². The molecule has 0 spiro atoms. The standard InChI is InChI=1S/C14H17N3O4/c1-8(2)17-6-4-10(13(17)19)16-12(18)9-3-5-15-11(7-9)14(20)21/h3,5,7-8,10H,4,6H2,1-2H3,(H,16,18)(H,20,21). The topological polar surface area (TPSA) is 99.6 Å². The van der Waals surface area contributed by atoms with Gasteiger partial charge in [0.1, 0.15) is 11.7 Å². The van der Waals surface area contributed by atoms with Crippen molar-refractivity contribution in [2.24, 2.45) is 0 Å². The van der Waals surface area contributed by atoms with Crippen molar-refractivity contribution in [3.8, 4) is 0 Å². The fourth-order valence-electron chi connectivity index (χ4n) is 2.28. The van der Waals surface area contributed by atoms with E-state index in [1.807, 2.05) is 13.8 Å². The summed E-state index contributed by atoms with van der Waals surface area (Å²) in [5.41, 5.74) is -0.0256. The van der Waals surface area contributed by atoms with E-state index in [0.29, 0.717) is 13.0 Å². The lowest BCUT2D eigenvalue weighted by Gasteiger charge is -2.21. The van der Waals surface area contributed by atoms with E-state index < -0.39 is 17.9 Å². The third-order valence-electron chi connectivity index (χ3n) is 3.41. The molecule has 0 radical (unpaired) electrons. The highest BCUT2D eigenvalue weighted by atomic mass is 16.4. The Morgan fingerprint density at radius 3 is 2.76 bits per heavy atom. The number of aromatic nitrogens is 1. The van der Waals surface area contributed by atoms with E-state index in [1.165, 1.54) is 18.3 Å². The molecule has 1 atom stereocenters. The molecule has 21 heavy (non-hydrogen) atoms. The molecule has 1 aromatic rings. The van der Waals surface area contributed by atoms with Crippen LogP contribution in [0.4, 0.5) is 0 Å². The number of hydrogen-bond donors (Lipinski definition) is 2. The number of carbonyl (C=O) groups is 3. The number of hydrogen-bond acceptors (Lipinski definition) is 4. The van der Waals surface area contributed by atoms with Gasteiger partial charge in [0, 0.05) is 24.3 Å². The Bertz CT molecular complexity index is 585. The Morgan fingerprint density at radius 2 is 2.19 bits per heavy atom. The molecule has 7 nitrogen and oxygen atoms in total. The molecule has 112 valence electrons. The summed E-state index contributed by atoms with van der Waals surface area (Å²) in [5, 5.41) is 11.5. The van der Waals surface area contributed by atoms with Crippen molar-refractivity contribution in [1.82, 2.24) is 15.2 Å². The second kappa shape index (κ2) is 5.90. The number of aromatic carboxylic acids is 1. The molecule has 0 aliphatic carbocycles. The first kappa shape index (κ1) is 15.0. The van der Waals surface area contributed by atoms with E-state index >= 15 is 0 Å². The van der Waals surface area contributed by atoms with Crippen LogP contribution in [0, 0.1) is 0 Å². The van der Waals surface area contributed by atoms with Gasteiger partial charge in [0.2, 0.25) is 5.91 Å². The Kier molecular flexibility index (Phi) is 4.21. The van der Waals surface area contributed by atoms with Crippen LogP contribution in [0.3, 0.4) is 0 Å². The number of carboxylic acids is 1. The maximum absolute atomic E-state index is 12.1. The summed E-state index contributed by atoms with van der Waals surface area (Å²) in [6.07, 6.45) is 1.81. The van der Waals surface area contributed by atoms with Crippen LogP contribution in [0.5, 0.6) is 0 Å². The van der Waals surface area contributed by atoms with Crippen LogP contribution in [0.2, 0.25) is 0 Å². The molecule has 2 rings (SSSR count). The van der Waals surface area contributed by atoms with Crippen molar-refractivity contribution in [2.45, 2.75) is 32.4 Å². The van der Waals surface area contributed by atoms with Crippen LogP contribution in [0.15, 0.2) is 18.3 Å².